The molecule has 0 saturated heterocycles. The van der Waals surface area contributed by atoms with E-state index in [9.17, 15) is 19.2 Å². The van der Waals surface area contributed by atoms with Crippen molar-refractivity contribution in [2.75, 3.05) is 14.2 Å². The van der Waals surface area contributed by atoms with Gasteiger partial charge in [-0.15, -0.1) is 0 Å². The summed E-state index contributed by atoms with van der Waals surface area (Å²) in [5, 5.41) is 0. The van der Waals surface area contributed by atoms with Gasteiger partial charge in [0.15, 0.2) is 17.6 Å². The van der Waals surface area contributed by atoms with Crippen LogP contribution < -0.4 is 23.7 Å². The van der Waals surface area contributed by atoms with Crippen molar-refractivity contribution in [3.05, 3.63) is 41.5 Å². The number of carbonyl (C=O) groups is 4. The summed E-state index contributed by atoms with van der Waals surface area (Å²) in [6.07, 6.45) is -2.46. The number of rotatable bonds is 6. The highest BCUT2D eigenvalue weighted by Gasteiger charge is 2.43. The van der Waals surface area contributed by atoms with Crippen molar-refractivity contribution in [3.63, 3.8) is 0 Å². The van der Waals surface area contributed by atoms with Crippen LogP contribution in [0.5, 0.6) is 28.7 Å². The zero-order valence-electron chi connectivity index (χ0n) is 18.6. The number of hydrogen-bond acceptors (Lipinski definition) is 10. The van der Waals surface area contributed by atoms with E-state index in [0.29, 0.717) is 11.3 Å². The number of methoxy groups -OCH3 is 2. The molecule has 2 atom stereocenters. The van der Waals surface area contributed by atoms with Gasteiger partial charge in [0.25, 0.3) is 0 Å². The van der Waals surface area contributed by atoms with Gasteiger partial charge in [-0.25, -0.2) is 0 Å². The zero-order chi connectivity index (χ0) is 24.3. The molecule has 1 aliphatic rings. The topological polar surface area (TPSA) is 124 Å². The molecule has 1 aliphatic heterocycles. The second-order valence-corrected chi connectivity index (χ2v) is 7.03. The Hall–Kier alpha value is -4.08. The molecular weight excluding hydrogens is 436 g/mol. The van der Waals surface area contributed by atoms with E-state index < -0.39 is 35.9 Å². The number of hydrogen-bond donors (Lipinski definition) is 0. The number of ether oxygens (including phenoxy) is 6. The molecule has 1 heterocycles. The monoisotopic (exact) mass is 458 g/mol. The first-order valence-corrected chi connectivity index (χ1v) is 9.79. The van der Waals surface area contributed by atoms with Crippen LogP contribution in [0.25, 0.3) is 0 Å². The molecule has 0 spiro atoms. The highest BCUT2D eigenvalue weighted by molar-refractivity contribution is 6.06. The molecule has 0 bridgehead atoms. The Labute approximate surface area is 189 Å². The molecule has 0 unspecified atom stereocenters. The second kappa shape index (κ2) is 9.60. The van der Waals surface area contributed by atoms with E-state index in [4.69, 9.17) is 28.4 Å². The number of benzene rings is 2. The number of esters is 3. The summed E-state index contributed by atoms with van der Waals surface area (Å²) >= 11 is 0. The lowest BCUT2D eigenvalue weighted by atomic mass is 9.92. The smallest absolute Gasteiger partial charge is 0.308 e. The first-order valence-electron chi connectivity index (χ1n) is 9.79. The standard InChI is InChI=1S/C23H22O10/c1-11(24)30-16-7-6-14(8-17(16)31-12(2)25)22-23(32-13(3)26)21(27)20-18(29-5)9-15(28-4)10-19(20)33-22/h6-10,22-23H,1-5H3/t22-,23-/m0/s1. The maximum absolute atomic E-state index is 13.4. The predicted octanol–water partition coefficient (Wildman–Crippen LogP) is 2.80. The maximum atomic E-state index is 13.4. The van der Waals surface area contributed by atoms with Crippen LogP contribution in [0.3, 0.4) is 0 Å². The van der Waals surface area contributed by atoms with Gasteiger partial charge in [0.2, 0.25) is 11.9 Å². The Morgan fingerprint density at radius 2 is 1.48 bits per heavy atom. The lowest BCUT2D eigenvalue weighted by Crippen LogP contribution is -2.39. The summed E-state index contributed by atoms with van der Waals surface area (Å²) in [5.41, 5.74) is 0.423. The van der Waals surface area contributed by atoms with Gasteiger partial charge in [-0.1, -0.05) is 6.07 Å². The molecule has 0 aromatic heterocycles. The van der Waals surface area contributed by atoms with Crippen LogP contribution >= 0.6 is 0 Å². The molecule has 0 saturated carbocycles. The molecule has 2 aromatic rings. The average Bonchev–Trinajstić information content (AvgIpc) is 2.74. The number of Topliss-reactive ketones (excluding diaryl/α,β-unsaturated/α-hetero) is 1. The van der Waals surface area contributed by atoms with Gasteiger partial charge >= 0.3 is 17.9 Å². The maximum Gasteiger partial charge on any atom is 0.308 e. The van der Waals surface area contributed by atoms with Crippen molar-refractivity contribution in [1.29, 1.82) is 0 Å². The molecule has 0 fully saturated rings. The van der Waals surface area contributed by atoms with E-state index in [-0.39, 0.29) is 28.6 Å². The molecule has 174 valence electrons. The fourth-order valence-corrected chi connectivity index (χ4v) is 3.37. The van der Waals surface area contributed by atoms with Crippen LogP contribution in [-0.2, 0) is 19.1 Å². The molecule has 0 radical (unpaired) electrons. The molecule has 10 nitrogen and oxygen atoms in total. The SMILES string of the molecule is COc1cc(OC)c2c(c1)O[C@@H](c1ccc(OC(C)=O)c(OC(C)=O)c1)[C@@H](OC(C)=O)C2=O. The van der Waals surface area contributed by atoms with Crippen molar-refractivity contribution >= 4 is 23.7 Å². The Bertz CT molecular complexity index is 1120. The van der Waals surface area contributed by atoms with E-state index in [2.05, 4.69) is 0 Å². The molecule has 2 aromatic carbocycles. The summed E-state index contributed by atoms with van der Waals surface area (Å²) in [5.74, 6) is -1.86. The van der Waals surface area contributed by atoms with Crippen molar-refractivity contribution < 1.29 is 47.6 Å². The highest BCUT2D eigenvalue weighted by atomic mass is 16.6. The lowest BCUT2D eigenvalue weighted by Gasteiger charge is -2.33. The van der Waals surface area contributed by atoms with Gasteiger partial charge in [-0.05, 0) is 12.1 Å². The van der Waals surface area contributed by atoms with Crippen LogP contribution in [0.1, 0.15) is 42.8 Å². The van der Waals surface area contributed by atoms with Crippen LogP contribution in [0.2, 0.25) is 0 Å². The Morgan fingerprint density at radius 1 is 0.818 bits per heavy atom. The van der Waals surface area contributed by atoms with E-state index in [0.717, 1.165) is 0 Å². The second-order valence-electron chi connectivity index (χ2n) is 7.03. The van der Waals surface area contributed by atoms with Crippen molar-refractivity contribution in [3.8, 4) is 28.7 Å². The fraction of sp³-hybridized carbons (Fsp3) is 0.304. The van der Waals surface area contributed by atoms with E-state index in [1.54, 1.807) is 0 Å². The van der Waals surface area contributed by atoms with Gasteiger partial charge < -0.3 is 28.4 Å². The van der Waals surface area contributed by atoms with Gasteiger partial charge in [0.1, 0.15) is 22.8 Å². The van der Waals surface area contributed by atoms with Crippen molar-refractivity contribution in [1.82, 2.24) is 0 Å². The van der Waals surface area contributed by atoms with Crippen LogP contribution in [0.4, 0.5) is 0 Å². The Kier molecular flexibility index (Phi) is 6.86. The molecule has 33 heavy (non-hydrogen) atoms. The fourth-order valence-electron chi connectivity index (χ4n) is 3.37. The number of ketones is 1. The third-order valence-corrected chi connectivity index (χ3v) is 4.63. The minimum atomic E-state index is -1.36. The van der Waals surface area contributed by atoms with Crippen LogP contribution in [0.15, 0.2) is 30.3 Å². The molecule has 10 heteroatoms. The minimum Gasteiger partial charge on any atom is -0.496 e. The lowest BCUT2D eigenvalue weighted by molar-refractivity contribution is -0.149. The molecule has 0 amide bonds. The van der Waals surface area contributed by atoms with Gasteiger partial charge in [0, 0.05) is 38.5 Å². The van der Waals surface area contributed by atoms with Crippen molar-refractivity contribution in [2.45, 2.75) is 33.0 Å². The highest BCUT2D eigenvalue weighted by Crippen LogP contribution is 2.44. The van der Waals surface area contributed by atoms with E-state index >= 15 is 0 Å². The quantitative estimate of drug-likeness (QED) is 0.471. The zero-order valence-corrected chi connectivity index (χ0v) is 18.6. The Balaban J connectivity index is 2.14. The number of carbonyl (C=O) groups excluding carboxylic acids is 4. The summed E-state index contributed by atoms with van der Waals surface area (Å²) in [7, 11) is 2.83. The minimum absolute atomic E-state index is 0.00337. The Morgan fingerprint density at radius 3 is 2.06 bits per heavy atom. The van der Waals surface area contributed by atoms with E-state index in [1.807, 2.05) is 0 Å². The van der Waals surface area contributed by atoms with Crippen LogP contribution in [-0.4, -0.2) is 44.0 Å². The first kappa shape index (κ1) is 23.6. The summed E-state index contributed by atoms with van der Waals surface area (Å²) in [6, 6.07) is 7.28. The predicted molar refractivity (Wildman–Crippen MR) is 112 cm³/mol. The average molecular weight is 458 g/mol. The van der Waals surface area contributed by atoms with Gasteiger partial charge in [-0.3, -0.25) is 19.2 Å². The largest absolute Gasteiger partial charge is 0.496 e. The molecule has 0 N–H and O–H groups in total. The van der Waals surface area contributed by atoms with Crippen molar-refractivity contribution in [2.24, 2.45) is 0 Å². The third kappa shape index (κ3) is 5.05. The molecule has 3 rings (SSSR count). The molecular formula is C23H22O10. The van der Waals surface area contributed by atoms with E-state index in [1.165, 1.54) is 65.3 Å². The molecule has 0 aliphatic carbocycles. The summed E-state index contributed by atoms with van der Waals surface area (Å²) in [4.78, 5) is 48.1. The van der Waals surface area contributed by atoms with Gasteiger partial charge in [0.05, 0.1) is 14.2 Å². The summed E-state index contributed by atoms with van der Waals surface area (Å²) < 4.78 is 32.2. The van der Waals surface area contributed by atoms with Gasteiger partial charge in [-0.2, -0.15) is 0 Å². The normalized spacial score (nSPS) is 16.7. The first-order chi connectivity index (χ1) is 15.6. The third-order valence-electron chi connectivity index (χ3n) is 4.63. The number of fused-ring (bicyclic) bond motifs is 1. The van der Waals surface area contributed by atoms with Crippen LogP contribution in [0, 0.1) is 0 Å². The summed E-state index contributed by atoms with van der Waals surface area (Å²) in [6.45, 7) is 3.54.